The van der Waals surface area contributed by atoms with Crippen molar-refractivity contribution >= 4 is 34.4 Å². The molecule has 0 fully saturated rings. The van der Waals surface area contributed by atoms with Gasteiger partial charge in [0, 0.05) is 17.1 Å². The Balaban J connectivity index is 1.70. The monoisotopic (exact) mass is 412 g/mol. The number of para-hydroxylation sites is 2. The molecule has 0 bridgehead atoms. The summed E-state index contributed by atoms with van der Waals surface area (Å²) in [6.45, 7) is 6.89. The van der Waals surface area contributed by atoms with Crippen molar-refractivity contribution in [2.45, 2.75) is 39.9 Å². The number of halogens is 1. The Labute approximate surface area is 175 Å². The van der Waals surface area contributed by atoms with E-state index in [0.717, 1.165) is 23.4 Å². The Hall–Kier alpha value is -2.86. The standard InChI is InChI=1S/C22H25ClN4O2/c1-4-27-18-8-6-5-7-17(18)25-19(27)13-24-22(29)20(14(2)3)26-21(28)15-9-11-16(23)12-10-15/h5-12,14,20H,4,13H2,1-3H3,(H,24,29)(H,26,28). The minimum absolute atomic E-state index is 0.0729. The fourth-order valence-corrected chi connectivity index (χ4v) is 3.38. The van der Waals surface area contributed by atoms with Crippen molar-refractivity contribution in [3.63, 3.8) is 0 Å². The molecule has 0 saturated carbocycles. The van der Waals surface area contributed by atoms with Gasteiger partial charge in [-0.15, -0.1) is 0 Å². The first-order chi connectivity index (χ1) is 13.9. The number of fused-ring (bicyclic) bond motifs is 1. The molecule has 0 aliphatic heterocycles. The summed E-state index contributed by atoms with van der Waals surface area (Å²) in [5, 5.41) is 6.30. The SMILES string of the molecule is CCn1c(CNC(=O)C(NC(=O)c2ccc(Cl)cc2)C(C)C)nc2ccccc21. The normalized spacial score (nSPS) is 12.2. The topological polar surface area (TPSA) is 76.0 Å². The van der Waals surface area contributed by atoms with Crippen LogP contribution < -0.4 is 10.6 Å². The van der Waals surface area contributed by atoms with Crippen molar-refractivity contribution in [1.82, 2.24) is 20.2 Å². The van der Waals surface area contributed by atoms with Crippen LogP contribution >= 0.6 is 11.6 Å². The molecule has 152 valence electrons. The van der Waals surface area contributed by atoms with E-state index >= 15 is 0 Å². The van der Waals surface area contributed by atoms with Crippen molar-refractivity contribution < 1.29 is 9.59 Å². The Bertz CT molecular complexity index is 1010. The number of rotatable bonds is 7. The summed E-state index contributed by atoms with van der Waals surface area (Å²) >= 11 is 5.87. The van der Waals surface area contributed by atoms with Crippen LogP contribution in [-0.4, -0.2) is 27.4 Å². The third kappa shape index (κ3) is 4.77. The van der Waals surface area contributed by atoms with Gasteiger partial charge < -0.3 is 15.2 Å². The minimum Gasteiger partial charge on any atom is -0.347 e. The molecular weight excluding hydrogens is 388 g/mol. The molecule has 0 aliphatic rings. The van der Waals surface area contributed by atoms with Crippen LogP contribution in [0.25, 0.3) is 11.0 Å². The Morgan fingerprint density at radius 2 is 1.79 bits per heavy atom. The van der Waals surface area contributed by atoms with Gasteiger partial charge in [0.1, 0.15) is 11.9 Å². The molecule has 6 nitrogen and oxygen atoms in total. The van der Waals surface area contributed by atoms with Gasteiger partial charge in [0.05, 0.1) is 17.6 Å². The molecule has 3 aromatic rings. The number of nitrogens with zero attached hydrogens (tertiary/aromatic N) is 2. The van der Waals surface area contributed by atoms with E-state index in [9.17, 15) is 9.59 Å². The smallest absolute Gasteiger partial charge is 0.251 e. The van der Waals surface area contributed by atoms with Gasteiger partial charge in [-0.05, 0) is 49.2 Å². The number of imidazole rings is 1. The van der Waals surface area contributed by atoms with Crippen molar-refractivity contribution in [3.8, 4) is 0 Å². The summed E-state index contributed by atoms with van der Waals surface area (Å²) in [5.41, 5.74) is 2.39. The zero-order chi connectivity index (χ0) is 21.0. The number of amides is 2. The van der Waals surface area contributed by atoms with E-state index in [1.807, 2.05) is 45.0 Å². The predicted molar refractivity (Wildman–Crippen MR) is 115 cm³/mol. The molecule has 1 aromatic heterocycles. The maximum absolute atomic E-state index is 12.8. The van der Waals surface area contributed by atoms with Crippen molar-refractivity contribution in [3.05, 3.63) is 64.9 Å². The first kappa shape index (κ1) is 20.9. The van der Waals surface area contributed by atoms with Gasteiger partial charge in [0.15, 0.2) is 0 Å². The van der Waals surface area contributed by atoms with Gasteiger partial charge in [-0.1, -0.05) is 37.6 Å². The van der Waals surface area contributed by atoms with Crippen LogP contribution in [-0.2, 0) is 17.9 Å². The summed E-state index contributed by atoms with van der Waals surface area (Å²) < 4.78 is 2.08. The number of hydrogen-bond acceptors (Lipinski definition) is 3. The average molecular weight is 413 g/mol. The second kappa shape index (κ2) is 9.09. The van der Waals surface area contributed by atoms with Crippen molar-refractivity contribution in [2.75, 3.05) is 0 Å². The van der Waals surface area contributed by atoms with E-state index in [1.54, 1.807) is 24.3 Å². The first-order valence-electron chi connectivity index (χ1n) is 9.69. The lowest BCUT2D eigenvalue weighted by Crippen LogP contribution is -2.49. The molecule has 2 aromatic carbocycles. The molecule has 1 unspecified atom stereocenters. The van der Waals surface area contributed by atoms with E-state index in [-0.39, 0.29) is 17.7 Å². The Morgan fingerprint density at radius 1 is 1.10 bits per heavy atom. The lowest BCUT2D eigenvalue weighted by molar-refractivity contribution is -0.124. The van der Waals surface area contributed by atoms with E-state index in [0.29, 0.717) is 17.1 Å². The number of carbonyl (C=O) groups excluding carboxylic acids is 2. The van der Waals surface area contributed by atoms with Gasteiger partial charge in [0.25, 0.3) is 5.91 Å². The van der Waals surface area contributed by atoms with Crippen molar-refractivity contribution in [2.24, 2.45) is 5.92 Å². The molecule has 2 N–H and O–H groups in total. The van der Waals surface area contributed by atoms with E-state index in [1.165, 1.54) is 0 Å². The lowest BCUT2D eigenvalue weighted by atomic mass is 10.0. The number of nitrogens with one attached hydrogen (secondary N) is 2. The summed E-state index contributed by atoms with van der Waals surface area (Å²) in [4.78, 5) is 30.0. The molecule has 0 spiro atoms. The maximum Gasteiger partial charge on any atom is 0.251 e. The zero-order valence-corrected chi connectivity index (χ0v) is 17.5. The predicted octanol–water partition coefficient (Wildman–Crippen LogP) is 3.78. The summed E-state index contributed by atoms with van der Waals surface area (Å²) in [6.07, 6.45) is 0. The summed E-state index contributed by atoms with van der Waals surface area (Å²) in [5.74, 6) is 0.165. The minimum atomic E-state index is -0.655. The third-order valence-corrected chi connectivity index (χ3v) is 5.06. The molecular formula is C22H25ClN4O2. The molecule has 7 heteroatoms. The van der Waals surface area contributed by atoms with Crippen LogP contribution in [0.4, 0.5) is 0 Å². The Morgan fingerprint density at radius 3 is 2.45 bits per heavy atom. The fourth-order valence-electron chi connectivity index (χ4n) is 3.25. The highest BCUT2D eigenvalue weighted by Crippen LogP contribution is 2.16. The zero-order valence-electron chi connectivity index (χ0n) is 16.8. The van der Waals surface area contributed by atoms with E-state index < -0.39 is 6.04 Å². The number of aryl methyl sites for hydroxylation is 1. The first-order valence-corrected chi connectivity index (χ1v) is 10.1. The molecule has 29 heavy (non-hydrogen) atoms. The van der Waals surface area contributed by atoms with Gasteiger partial charge in [0.2, 0.25) is 5.91 Å². The highest BCUT2D eigenvalue weighted by atomic mass is 35.5. The maximum atomic E-state index is 12.8. The quantitative estimate of drug-likeness (QED) is 0.620. The van der Waals surface area contributed by atoms with E-state index in [2.05, 4.69) is 20.2 Å². The third-order valence-electron chi connectivity index (χ3n) is 4.81. The van der Waals surface area contributed by atoms with Crippen LogP contribution in [0.2, 0.25) is 5.02 Å². The molecule has 0 aliphatic carbocycles. The van der Waals surface area contributed by atoms with Crippen LogP contribution in [0.1, 0.15) is 37.0 Å². The van der Waals surface area contributed by atoms with Gasteiger partial charge >= 0.3 is 0 Å². The second-order valence-corrected chi connectivity index (χ2v) is 7.62. The molecule has 0 radical (unpaired) electrons. The van der Waals surface area contributed by atoms with Gasteiger partial charge in [-0.25, -0.2) is 4.98 Å². The van der Waals surface area contributed by atoms with Crippen LogP contribution in [0.5, 0.6) is 0 Å². The highest BCUT2D eigenvalue weighted by molar-refractivity contribution is 6.30. The molecule has 1 atom stereocenters. The molecule has 1 heterocycles. The van der Waals surface area contributed by atoms with Crippen LogP contribution in [0, 0.1) is 5.92 Å². The van der Waals surface area contributed by atoms with Gasteiger partial charge in [-0.2, -0.15) is 0 Å². The fraction of sp³-hybridized carbons (Fsp3) is 0.318. The summed E-state index contributed by atoms with van der Waals surface area (Å²) in [7, 11) is 0. The number of hydrogen-bond donors (Lipinski definition) is 2. The van der Waals surface area contributed by atoms with Gasteiger partial charge in [-0.3, -0.25) is 9.59 Å². The average Bonchev–Trinajstić information content (AvgIpc) is 3.07. The molecule has 0 saturated heterocycles. The highest BCUT2D eigenvalue weighted by Gasteiger charge is 2.25. The Kier molecular flexibility index (Phi) is 6.54. The number of carbonyl (C=O) groups is 2. The molecule has 2 amide bonds. The van der Waals surface area contributed by atoms with Crippen molar-refractivity contribution in [1.29, 1.82) is 0 Å². The second-order valence-electron chi connectivity index (χ2n) is 7.18. The van der Waals surface area contributed by atoms with Crippen LogP contribution in [0.15, 0.2) is 48.5 Å². The number of benzene rings is 2. The molecule has 3 rings (SSSR count). The van der Waals surface area contributed by atoms with E-state index in [4.69, 9.17) is 11.6 Å². The number of aromatic nitrogens is 2. The largest absolute Gasteiger partial charge is 0.347 e. The van der Waals surface area contributed by atoms with Crippen LogP contribution in [0.3, 0.4) is 0 Å². The summed E-state index contributed by atoms with van der Waals surface area (Å²) in [6, 6.07) is 13.8. The lowest BCUT2D eigenvalue weighted by Gasteiger charge is -2.22.